The van der Waals surface area contributed by atoms with Crippen LogP contribution in [0, 0.1) is 5.92 Å². The average molecular weight is 571 g/mol. The molecule has 0 aliphatic heterocycles. The molecule has 1 aliphatic rings. The van der Waals surface area contributed by atoms with E-state index < -0.39 is 12.0 Å². The molecule has 16 nitrogen and oxygen atoms in total. The van der Waals surface area contributed by atoms with E-state index in [1.807, 2.05) is 0 Å². The lowest BCUT2D eigenvalue weighted by atomic mass is 10.1. The lowest BCUT2D eigenvalue weighted by Crippen LogP contribution is -2.48. The van der Waals surface area contributed by atoms with Crippen LogP contribution in [-0.2, 0) is 20.9 Å². The van der Waals surface area contributed by atoms with Crippen LogP contribution in [0.3, 0.4) is 0 Å². The Morgan fingerprint density at radius 1 is 1.12 bits per heavy atom. The molecule has 0 spiro atoms. The number of amides is 3. The van der Waals surface area contributed by atoms with Crippen LogP contribution in [0.1, 0.15) is 23.2 Å². The van der Waals surface area contributed by atoms with Crippen molar-refractivity contribution in [2.45, 2.75) is 25.5 Å². The van der Waals surface area contributed by atoms with E-state index in [0.29, 0.717) is 35.8 Å². The second-order valence-corrected chi connectivity index (χ2v) is 9.09. The van der Waals surface area contributed by atoms with E-state index in [1.165, 1.54) is 31.3 Å². The van der Waals surface area contributed by atoms with Crippen molar-refractivity contribution in [1.82, 2.24) is 30.6 Å². The van der Waals surface area contributed by atoms with Gasteiger partial charge >= 0.3 is 6.10 Å². The van der Waals surface area contributed by atoms with Crippen LogP contribution >= 0.6 is 0 Å². The summed E-state index contributed by atoms with van der Waals surface area (Å²) >= 11 is 0. The number of aromatic nitrogens is 4. The van der Waals surface area contributed by atoms with Gasteiger partial charge < -0.3 is 40.7 Å². The Labute approximate surface area is 233 Å². The summed E-state index contributed by atoms with van der Waals surface area (Å²) in [5, 5.41) is 46.5. The lowest BCUT2D eigenvalue weighted by Gasteiger charge is -2.19. The highest BCUT2D eigenvalue weighted by molar-refractivity contribution is 6.02. The number of carbonyl (C=O) groups is 3. The summed E-state index contributed by atoms with van der Waals surface area (Å²) in [6, 6.07) is 6.51. The fraction of sp³-hybridized carbons (Fsp3) is 0.360. The number of hydrogen-bond acceptors (Lipinski definition) is 12. The summed E-state index contributed by atoms with van der Waals surface area (Å²) in [5.74, 6) is -1.14. The van der Waals surface area contributed by atoms with Gasteiger partial charge in [-0.2, -0.15) is 15.0 Å². The van der Waals surface area contributed by atoms with Crippen molar-refractivity contribution in [3.63, 3.8) is 0 Å². The Bertz CT molecular complexity index is 1420. The fourth-order valence-corrected chi connectivity index (χ4v) is 3.81. The monoisotopic (exact) mass is 570 g/mol. The number of nitrogens with zero attached hydrogens (tertiary/aromatic N) is 4. The standard InChI is InChI=1S/C25H30N8O8/c1-40-13-21(34)26-8-9-33-28-12-19(32-33)15-4-3-5-17(22(15)41-2)29-18-10-20(30-23(35)14-6-7-14)27-11-16(18)24(36)31-25(37,38)39/h3-5,10-12,14,37-39H,6-9,13H2,1-2H3,(H,26,34)(H,31,36)(H2,27,29,30,35). The molecule has 0 saturated heterocycles. The van der Waals surface area contributed by atoms with E-state index in [4.69, 9.17) is 9.47 Å². The number of aliphatic hydroxyl groups is 3. The molecule has 0 radical (unpaired) electrons. The molecular weight excluding hydrogens is 540 g/mol. The molecule has 2 aromatic heterocycles. The second-order valence-electron chi connectivity index (χ2n) is 9.09. The minimum Gasteiger partial charge on any atom is -0.494 e. The van der Waals surface area contributed by atoms with Crippen LogP contribution in [0.5, 0.6) is 5.75 Å². The van der Waals surface area contributed by atoms with Gasteiger partial charge in [-0.05, 0) is 25.0 Å². The van der Waals surface area contributed by atoms with Gasteiger partial charge in [-0.1, -0.05) is 6.07 Å². The molecule has 1 aromatic carbocycles. The number of carbonyl (C=O) groups excluding carboxylic acids is 3. The zero-order valence-corrected chi connectivity index (χ0v) is 22.2. The van der Waals surface area contributed by atoms with E-state index in [0.717, 1.165) is 19.0 Å². The summed E-state index contributed by atoms with van der Waals surface area (Å²) in [7, 11) is 2.87. The van der Waals surface area contributed by atoms with Crippen molar-refractivity contribution in [1.29, 1.82) is 0 Å². The lowest BCUT2D eigenvalue weighted by molar-refractivity contribution is -0.323. The number of rotatable bonds is 13. The zero-order valence-electron chi connectivity index (χ0n) is 22.2. The largest absolute Gasteiger partial charge is 0.494 e. The van der Waals surface area contributed by atoms with Gasteiger partial charge in [0.05, 0.1) is 36.8 Å². The smallest absolute Gasteiger partial charge is 0.369 e. The van der Waals surface area contributed by atoms with Gasteiger partial charge in [0, 0.05) is 37.4 Å². The quantitative estimate of drug-likeness (QED) is 0.130. The van der Waals surface area contributed by atoms with Crippen molar-refractivity contribution in [3.05, 3.63) is 42.2 Å². The minimum atomic E-state index is -3.47. The molecule has 16 heteroatoms. The van der Waals surface area contributed by atoms with Gasteiger partial charge in [-0.3, -0.25) is 19.7 Å². The van der Waals surface area contributed by atoms with Gasteiger partial charge in [-0.25, -0.2) is 4.98 Å². The number of para-hydroxylation sites is 1. The summed E-state index contributed by atoms with van der Waals surface area (Å²) in [6.45, 7) is 0.547. The van der Waals surface area contributed by atoms with E-state index >= 15 is 0 Å². The molecule has 0 unspecified atom stereocenters. The molecule has 1 fully saturated rings. The van der Waals surface area contributed by atoms with Crippen molar-refractivity contribution in [3.8, 4) is 17.0 Å². The summed E-state index contributed by atoms with van der Waals surface area (Å²) in [6.07, 6.45) is 0.724. The molecule has 3 amide bonds. The third-order valence-corrected chi connectivity index (χ3v) is 5.84. The Balaban J connectivity index is 1.60. The Morgan fingerprint density at radius 2 is 1.90 bits per heavy atom. The third-order valence-electron chi connectivity index (χ3n) is 5.84. The molecular formula is C25H30N8O8. The number of benzene rings is 1. The first kappa shape index (κ1) is 29.3. The molecule has 41 heavy (non-hydrogen) atoms. The number of ether oxygens (including phenoxy) is 2. The topological polar surface area (TPSA) is 222 Å². The minimum absolute atomic E-state index is 0.0507. The van der Waals surface area contributed by atoms with E-state index in [9.17, 15) is 29.7 Å². The summed E-state index contributed by atoms with van der Waals surface area (Å²) in [4.78, 5) is 42.0. The molecule has 0 atom stereocenters. The number of pyridine rings is 1. The van der Waals surface area contributed by atoms with Crippen molar-refractivity contribution >= 4 is 34.9 Å². The fourth-order valence-electron chi connectivity index (χ4n) is 3.81. The number of methoxy groups -OCH3 is 2. The zero-order chi connectivity index (χ0) is 29.6. The normalized spacial score (nSPS) is 12.9. The van der Waals surface area contributed by atoms with Gasteiger partial charge in [0.2, 0.25) is 11.8 Å². The average Bonchev–Trinajstić information content (AvgIpc) is 3.66. The predicted molar refractivity (Wildman–Crippen MR) is 143 cm³/mol. The van der Waals surface area contributed by atoms with E-state index in [2.05, 4.69) is 31.1 Å². The maximum Gasteiger partial charge on any atom is 0.369 e. The number of anilines is 3. The molecule has 218 valence electrons. The first-order valence-corrected chi connectivity index (χ1v) is 12.5. The molecule has 3 aromatic rings. The van der Waals surface area contributed by atoms with Gasteiger partial charge in [0.25, 0.3) is 5.91 Å². The van der Waals surface area contributed by atoms with E-state index in [1.54, 1.807) is 23.5 Å². The third kappa shape index (κ3) is 7.95. The van der Waals surface area contributed by atoms with Crippen molar-refractivity contribution < 1.29 is 39.2 Å². The van der Waals surface area contributed by atoms with Gasteiger partial charge in [0.15, 0.2) is 5.75 Å². The van der Waals surface area contributed by atoms with Crippen LogP contribution in [0.2, 0.25) is 0 Å². The van der Waals surface area contributed by atoms with Crippen LogP contribution in [0.25, 0.3) is 11.3 Å². The van der Waals surface area contributed by atoms with Crippen molar-refractivity contribution in [2.24, 2.45) is 5.92 Å². The Kier molecular flexibility index (Phi) is 9.08. The first-order chi connectivity index (χ1) is 19.6. The molecule has 1 saturated carbocycles. The number of hydrogen-bond donors (Lipinski definition) is 7. The van der Waals surface area contributed by atoms with Crippen molar-refractivity contribution in [2.75, 3.05) is 38.0 Å². The summed E-state index contributed by atoms with van der Waals surface area (Å²) < 4.78 is 10.4. The maximum atomic E-state index is 12.7. The highest BCUT2D eigenvalue weighted by Crippen LogP contribution is 2.38. The SMILES string of the molecule is COCC(=O)NCCn1ncc(-c2cccc(Nc3cc(NC(=O)C4CC4)ncc3C(=O)NC(O)(O)O)c2OC)n1. The molecule has 2 heterocycles. The highest BCUT2D eigenvalue weighted by Gasteiger charge is 2.30. The Hall–Kier alpha value is -4.64. The van der Waals surface area contributed by atoms with Gasteiger partial charge in [-0.15, -0.1) is 0 Å². The van der Waals surface area contributed by atoms with Crippen LogP contribution in [-0.4, -0.2) is 86.5 Å². The van der Waals surface area contributed by atoms with Crippen LogP contribution in [0.15, 0.2) is 36.7 Å². The Morgan fingerprint density at radius 3 is 2.59 bits per heavy atom. The predicted octanol–water partition coefficient (Wildman–Crippen LogP) is -0.479. The molecule has 4 rings (SSSR count). The van der Waals surface area contributed by atoms with Crippen LogP contribution < -0.4 is 26.0 Å². The second kappa shape index (κ2) is 12.7. The first-order valence-electron chi connectivity index (χ1n) is 12.5. The maximum absolute atomic E-state index is 12.7. The van der Waals surface area contributed by atoms with E-state index in [-0.39, 0.29) is 41.4 Å². The highest BCUT2D eigenvalue weighted by atomic mass is 16.7. The summed E-state index contributed by atoms with van der Waals surface area (Å²) in [5.41, 5.74) is 1.33. The number of nitrogens with one attached hydrogen (secondary N) is 4. The van der Waals surface area contributed by atoms with Gasteiger partial charge in [0.1, 0.15) is 18.1 Å². The molecule has 0 bridgehead atoms. The van der Waals surface area contributed by atoms with Crippen LogP contribution in [0.4, 0.5) is 17.2 Å². The molecule has 1 aliphatic carbocycles. The molecule has 7 N–H and O–H groups in total.